The third-order valence-electron chi connectivity index (χ3n) is 2.08. The molecule has 0 saturated heterocycles. The molecular weight excluding hydrogens is 244 g/mol. The molecule has 88 valence electrons. The van der Waals surface area contributed by atoms with Gasteiger partial charge in [0.25, 0.3) is 0 Å². The molecule has 0 fully saturated rings. The lowest BCUT2D eigenvalue weighted by Gasteiger charge is -1.95. The highest BCUT2D eigenvalue weighted by molar-refractivity contribution is 6.30. The van der Waals surface area contributed by atoms with Crippen molar-refractivity contribution >= 4 is 17.6 Å². The van der Waals surface area contributed by atoms with Gasteiger partial charge in [-0.15, -0.1) is 10.2 Å². The van der Waals surface area contributed by atoms with Crippen molar-refractivity contribution in [1.82, 2.24) is 20.2 Å². The zero-order chi connectivity index (χ0) is 12.3. The van der Waals surface area contributed by atoms with Gasteiger partial charge in [-0.05, 0) is 29.5 Å². The maximum absolute atomic E-state index is 10.4. The number of benzene rings is 1. The van der Waals surface area contributed by atoms with Gasteiger partial charge in [0.05, 0.1) is 13.0 Å². The van der Waals surface area contributed by atoms with Crippen LogP contribution in [-0.2, 0) is 11.3 Å². The van der Waals surface area contributed by atoms with Crippen molar-refractivity contribution in [3.8, 4) is 11.4 Å². The summed E-state index contributed by atoms with van der Waals surface area (Å²) in [5.41, 5.74) is 0.788. The number of carboxylic acids is 1. The summed E-state index contributed by atoms with van der Waals surface area (Å²) >= 11 is 5.76. The molecule has 0 atom stereocenters. The number of hydrogen-bond donors (Lipinski definition) is 1. The largest absolute Gasteiger partial charge is 0.481 e. The molecule has 0 aliphatic rings. The monoisotopic (exact) mass is 252 g/mol. The van der Waals surface area contributed by atoms with Gasteiger partial charge in [-0.1, -0.05) is 11.6 Å². The first kappa shape index (κ1) is 11.5. The van der Waals surface area contributed by atoms with Gasteiger partial charge < -0.3 is 5.11 Å². The van der Waals surface area contributed by atoms with Gasteiger partial charge in [0.2, 0.25) is 5.82 Å². The molecule has 7 heteroatoms. The van der Waals surface area contributed by atoms with Crippen LogP contribution in [0.15, 0.2) is 24.3 Å². The molecule has 1 N–H and O–H groups in total. The van der Waals surface area contributed by atoms with Crippen molar-refractivity contribution in [2.75, 3.05) is 0 Å². The summed E-state index contributed by atoms with van der Waals surface area (Å²) in [5.74, 6) is -0.442. The summed E-state index contributed by atoms with van der Waals surface area (Å²) in [5, 5.41) is 20.8. The quantitative estimate of drug-likeness (QED) is 0.891. The van der Waals surface area contributed by atoms with E-state index < -0.39 is 5.97 Å². The van der Waals surface area contributed by atoms with Crippen LogP contribution in [0.3, 0.4) is 0 Å². The lowest BCUT2D eigenvalue weighted by atomic mass is 10.2. The van der Waals surface area contributed by atoms with Gasteiger partial charge in [-0.3, -0.25) is 4.79 Å². The van der Waals surface area contributed by atoms with E-state index >= 15 is 0 Å². The fraction of sp³-hybridized carbons (Fsp3) is 0.200. The number of rotatable bonds is 4. The third-order valence-corrected chi connectivity index (χ3v) is 2.33. The Balaban J connectivity index is 2.12. The highest BCUT2D eigenvalue weighted by atomic mass is 35.5. The molecule has 1 aromatic carbocycles. The van der Waals surface area contributed by atoms with E-state index in [0.29, 0.717) is 10.8 Å². The number of carboxylic acid groups (broad SMARTS) is 1. The Labute approximate surface area is 102 Å². The van der Waals surface area contributed by atoms with Gasteiger partial charge in [-0.2, -0.15) is 4.80 Å². The zero-order valence-electron chi connectivity index (χ0n) is 8.75. The van der Waals surface area contributed by atoms with Gasteiger partial charge in [0.1, 0.15) is 0 Å². The van der Waals surface area contributed by atoms with E-state index in [1.807, 2.05) is 0 Å². The first-order valence-corrected chi connectivity index (χ1v) is 5.28. The minimum Gasteiger partial charge on any atom is -0.481 e. The molecule has 2 rings (SSSR count). The minimum atomic E-state index is -0.893. The maximum atomic E-state index is 10.4. The second-order valence-corrected chi connectivity index (χ2v) is 3.80. The number of aryl methyl sites for hydroxylation is 1. The number of carbonyl (C=O) groups is 1. The van der Waals surface area contributed by atoms with Gasteiger partial charge >= 0.3 is 5.97 Å². The molecule has 0 saturated carbocycles. The topological polar surface area (TPSA) is 80.9 Å². The standard InChI is InChI=1S/C10H9ClN4O2/c11-8-3-1-7(2-4-8)10-12-14-15(13-10)6-5-9(16)17/h1-4H,5-6H2,(H,16,17). The van der Waals surface area contributed by atoms with Crippen LogP contribution >= 0.6 is 11.6 Å². The van der Waals surface area contributed by atoms with Gasteiger partial charge in [0, 0.05) is 10.6 Å². The number of aliphatic carboxylic acids is 1. The molecule has 0 aliphatic heterocycles. The van der Waals surface area contributed by atoms with E-state index in [-0.39, 0.29) is 13.0 Å². The number of aromatic nitrogens is 4. The second-order valence-electron chi connectivity index (χ2n) is 3.36. The lowest BCUT2D eigenvalue weighted by molar-refractivity contribution is -0.137. The first-order valence-electron chi connectivity index (χ1n) is 4.91. The molecule has 1 aromatic heterocycles. The summed E-state index contributed by atoms with van der Waals surface area (Å²) in [7, 11) is 0. The van der Waals surface area contributed by atoms with Crippen LogP contribution in [0.4, 0.5) is 0 Å². The van der Waals surface area contributed by atoms with Gasteiger partial charge in [0.15, 0.2) is 0 Å². The van der Waals surface area contributed by atoms with Crippen LogP contribution in [-0.4, -0.2) is 31.3 Å². The predicted octanol–water partition coefficient (Wildman–Crippen LogP) is 1.47. The van der Waals surface area contributed by atoms with Crippen molar-refractivity contribution in [2.45, 2.75) is 13.0 Å². The third kappa shape index (κ3) is 3.01. The van der Waals surface area contributed by atoms with Gasteiger partial charge in [-0.25, -0.2) is 0 Å². The molecule has 17 heavy (non-hydrogen) atoms. The smallest absolute Gasteiger partial charge is 0.305 e. The molecule has 0 radical (unpaired) electrons. The molecule has 0 aliphatic carbocycles. The number of halogens is 1. The SMILES string of the molecule is O=C(O)CCn1nnc(-c2ccc(Cl)cc2)n1. The van der Waals surface area contributed by atoms with Crippen LogP contribution in [0.1, 0.15) is 6.42 Å². The summed E-state index contributed by atoms with van der Waals surface area (Å²) in [4.78, 5) is 11.6. The van der Waals surface area contributed by atoms with E-state index in [1.54, 1.807) is 24.3 Å². The zero-order valence-corrected chi connectivity index (χ0v) is 9.50. The molecular formula is C10H9ClN4O2. The first-order chi connectivity index (χ1) is 8.15. The Morgan fingerprint density at radius 2 is 2.06 bits per heavy atom. The molecule has 6 nitrogen and oxygen atoms in total. The minimum absolute atomic E-state index is 0.0313. The fourth-order valence-electron chi connectivity index (χ4n) is 1.25. The van der Waals surface area contributed by atoms with Crippen LogP contribution < -0.4 is 0 Å². The Morgan fingerprint density at radius 1 is 1.35 bits per heavy atom. The highest BCUT2D eigenvalue weighted by Gasteiger charge is 2.06. The van der Waals surface area contributed by atoms with E-state index in [9.17, 15) is 4.79 Å². The molecule has 2 aromatic rings. The van der Waals surface area contributed by atoms with E-state index in [0.717, 1.165) is 5.56 Å². The summed E-state index contributed by atoms with van der Waals surface area (Å²) < 4.78 is 0. The number of hydrogen-bond acceptors (Lipinski definition) is 4. The Hall–Kier alpha value is -1.95. The molecule has 0 bridgehead atoms. The van der Waals surface area contributed by atoms with Crippen LogP contribution in [0, 0.1) is 0 Å². The summed E-state index contributed by atoms with van der Waals surface area (Å²) in [6.45, 7) is 0.204. The highest BCUT2D eigenvalue weighted by Crippen LogP contribution is 2.16. The predicted molar refractivity (Wildman–Crippen MR) is 60.5 cm³/mol. The number of tetrazole rings is 1. The van der Waals surface area contributed by atoms with Crippen molar-refractivity contribution in [3.63, 3.8) is 0 Å². The molecule has 1 heterocycles. The summed E-state index contributed by atoms with van der Waals surface area (Å²) in [6.07, 6.45) is -0.0313. The normalized spacial score (nSPS) is 10.4. The van der Waals surface area contributed by atoms with Crippen LogP contribution in [0.5, 0.6) is 0 Å². The average Bonchev–Trinajstić information content (AvgIpc) is 2.76. The van der Waals surface area contributed by atoms with E-state index in [2.05, 4.69) is 15.4 Å². The molecule has 0 spiro atoms. The Kier molecular flexibility index (Phi) is 3.34. The summed E-state index contributed by atoms with van der Waals surface area (Å²) in [6, 6.07) is 7.02. The van der Waals surface area contributed by atoms with Crippen molar-refractivity contribution < 1.29 is 9.90 Å². The van der Waals surface area contributed by atoms with E-state index in [4.69, 9.17) is 16.7 Å². The Morgan fingerprint density at radius 3 is 2.71 bits per heavy atom. The van der Waals surface area contributed by atoms with Crippen LogP contribution in [0.25, 0.3) is 11.4 Å². The molecule has 0 unspecified atom stereocenters. The second kappa shape index (κ2) is 4.92. The van der Waals surface area contributed by atoms with Crippen molar-refractivity contribution in [1.29, 1.82) is 0 Å². The Bertz CT molecular complexity index is 523. The lowest BCUT2D eigenvalue weighted by Crippen LogP contribution is -2.07. The van der Waals surface area contributed by atoms with Crippen molar-refractivity contribution in [3.05, 3.63) is 29.3 Å². The average molecular weight is 253 g/mol. The fourth-order valence-corrected chi connectivity index (χ4v) is 1.37. The van der Waals surface area contributed by atoms with Crippen molar-refractivity contribution in [2.24, 2.45) is 0 Å². The van der Waals surface area contributed by atoms with E-state index in [1.165, 1.54) is 4.80 Å². The molecule has 0 amide bonds. The number of nitrogens with zero attached hydrogens (tertiary/aromatic N) is 4. The maximum Gasteiger partial charge on any atom is 0.305 e. The van der Waals surface area contributed by atoms with Crippen LogP contribution in [0.2, 0.25) is 5.02 Å².